The lowest BCUT2D eigenvalue weighted by Crippen LogP contribution is -2.35. The van der Waals surface area contributed by atoms with Crippen LogP contribution in [0.5, 0.6) is 0 Å². The van der Waals surface area contributed by atoms with E-state index in [0.29, 0.717) is 13.1 Å². The summed E-state index contributed by atoms with van der Waals surface area (Å²) in [6, 6.07) is 8.25. The normalized spacial score (nSPS) is 12.7. The highest BCUT2D eigenvalue weighted by Crippen LogP contribution is 2.29. The first kappa shape index (κ1) is 23.6. The van der Waals surface area contributed by atoms with Crippen LogP contribution in [-0.4, -0.2) is 30.5 Å². The Kier molecular flexibility index (Phi) is 10.5. The first-order chi connectivity index (χ1) is 12.7. The lowest BCUT2D eigenvalue weighted by atomic mass is 10.2. The zero-order valence-corrected chi connectivity index (χ0v) is 19.2. The molecule has 0 aromatic heterocycles. The third kappa shape index (κ3) is 10.4. The van der Waals surface area contributed by atoms with Crippen molar-refractivity contribution >= 4 is 39.5 Å². The number of hydrogen-bond donors (Lipinski definition) is 2. The van der Waals surface area contributed by atoms with E-state index < -0.39 is 11.7 Å². The van der Waals surface area contributed by atoms with Crippen LogP contribution in [0.2, 0.25) is 0 Å². The highest BCUT2D eigenvalue weighted by atomic mass is 79.9. The molecule has 0 atom stereocenters. The fraction of sp³-hybridized carbons (Fsp3) is 0.500. The summed E-state index contributed by atoms with van der Waals surface area (Å²) in [5, 5.41) is 7.24. The van der Waals surface area contributed by atoms with Crippen LogP contribution >= 0.6 is 27.7 Å². The van der Waals surface area contributed by atoms with Crippen molar-refractivity contribution in [3.8, 4) is 0 Å². The summed E-state index contributed by atoms with van der Waals surface area (Å²) in [7, 11) is 0. The number of thioether (sulfide) groups is 1. The molecule has 0 heterocycles. The molecule has 1 aromatic rings. The number of carbonyl (C=O) groups excluding carboxylic acids is 1. The number of carbonyl (C=O) groups is 1. The van der Waals surface area contributed by atoms with Crippen LogP contribution in [-0.2, 0) is 4.74 Å². The predicted octanol–water partition coefficient (Wildman–Crippen LogP) is 5.72. The molecule has 0 aliphatic carbocycles. The first-order valence-electron chi connectivity index (χ1n) is 9.15. The van der Waals surface area contributed by atoms with Gasteiger partial charge in [-0.25, -0.2) is 4.79 Å². The Hall–Kier alpha value is -1.47. The van der Waals surface area contributed by atoms with Crippen molar-refractivity contribution < 1.29 is 9.53 Å². The molecule has 0 spiro atoms. The van der Waals surface area contributed by atoms with Crippen molar-refractivity contribution in [2.45, 2.75) is 58.0 Å². The van der Waals surface area contributed by atoms with Gasteiger partial charge in [0.1, 0.15) is 5.60 Å². The zero-order chi connectivity index (χ0) is 20.3. The zero-order valence-electron chi connectivity index (χ0n) is 16.8. The van der Waals surface area contributed by atoms with Crippen LogP contribution < -0.4 is 10.7 Å². The molecule has 150 valence electrons. The predicted molar refractivity (Wildman–Crippen MR) is 118 cm³/mol. The molecule has 0 saturated heterocycles. The molecule has 0 aliphatic rings. The van der Waals surface area contributed by atoms with Gasteiger partial charge in [0.05, 0.1) is 12.3 Å². The van der Waals surface area contributed by atoms with Crippen LogP contribution in [0.25, 0.3) is 0 Å². The van der Waals surface area contributed by atoms with E-state index in [1.165, 1.54) is 4.90 Å². The van der Waals surface area contributed by atoms with Crippen LogP contribution in [0.3, 0.4) is 0 Å². The van der Waals surface area contributed by atoms with Crippen LogP contribution in [0.4, 0.5) is 4.79 Å². The molecular formula is C20H30BrN3O2S. The van der Waals surface area contributed by atoms with Gasteiger partial charge >= 0.3 is 6.09 Å². The van der Waals surface area contributed by atoms with Crippen molar-refractivity contribution in [2.24, 2.45) is 5.10 Å². The molecule has 0 aliphatic heterocycles. The maximum atomic E-state index is 11.6. The van der Waals surface area contributed by atoms with Crippen molar-refractivity contribution in [3.05, 3.63) is 39.7 Å². The van der Waals surface area contributed by atoms with E-state index >= 15 is 0 Å². The molecular weight excluding hydrogens is 426 g/mol. The quantitative estimate of drug-likeness (QED) is 0.216. The lowest BCUT2D eigenvalue weighted by Gasteiger charge is -2.19. The maximum absolute atomic E-state index is 11.6. The van der Waals surface area contributed by atoms with Gasteiger partial charge in [-0.1, -0.05) is 47.6 Å². The number of nitrogens with zero attached hydrogens (tertiary/aromatic N) is 1. The molecule has 0 unspecified atom stereocenters. The van der Waals surface area contributed by atoms with Crippen molar-refractivity contribution in [1.82, 2.24) is 10.7 Å². The minimum absolute atomic E-state index is 0.415. The van der Waals surface area contributed by atoms with Crippen molar-refractivity contribution in [1.29, 1.82) is 0 Å². The van der Waals surface area contributed by atoms with Crippen molar-refractivity contribution in [2.75, 3.05) is 13.1 Å². The molecule has 0 radical (unpaired) electrons. The number of hydrazone groups is 1. The molecule has 1 aromatic carbocycles. The largest absolute Gasteiger partial charge is 0.444 e. The third-order valence-electron chi connectivity index (χ3n) is 3.17. The van der Waals surface area contributed by atoms with E-state index in [9.17, 15) is 4.79 Å². The van der Waals surface area contributed by atoms with Gasteiger partial charge in [-0.15, -0.1) is 0 Å². The maximum Gasteiger partial charge on any atom is 0.407 e. The van der Waals surface area contributed by atoms with E-state index in [4.69, 9.17) is 4.74 Å². The molecule has 2 N–H and O–H groups in total. The standard InChI is InChI=1S/C20H30BrN3O2S/c1-6-8-18(27-16-11-9-15(21)10-12-16)17(7-2)24-23-14-13-22-19(25)26-20(3,4)5/h8-12,23H,6-7,13-14H2,1-5H3,(H,22,25)/b18-8-,24-17-. The van der Waals surface area contributed by atoms with Crippen LogP contribution in [0.15, 0.2) is 49.7 Å². The molecule has 0 saturated carbocycles. The fourth-order valence-electron chi connectivity index (χ4n) is 2.03. The number of hydrogen-bond acceptors (Lipinski definition) is 5. The molecule has 27 heavy (non-hydrogen) atoms. The Balaban J connectivity index is 2.58. The van der Waals surface area contributed by atoms with Crippen LogP contribution in [0, 0.1) is 0 Å². The van der Waals surface area contributed by atoms with Crippen molar-refractivity contribution in [3.63, 3.8) is 0 Å². The second-order valence-electron chi connectivity index (χ2n) is 6.78. The van der Waals surface area contributed by atoms with E-state index in [1.807, 2.05) is 32.9 Å². The average molecular weight is 456 g/mol. The number of nitrogens with one attached hydrogen (secondary N) is 2. The van der Waals surface area contributed by atoms with Gasteiger partial charge in [-0.3, -0.25) is 0 Å². The Bertz CT molecular complexity index is 652. The Labute approximate surface area is 175 Å². The lowest BCUT2D eigenvalue weighted by molar-refractivity contribution is 0.0528. The average Bonchev–Trinajstić information content (AvgIpc) is 2.58. The molecule has 0 fully saturated rings. The summed E-state index contributed by atoms with van der Waals surface area (Å²) in [5.41, 5.74) is 3.56. The van der Waals surface area contributed by atoms with E-state index in [0.717, 1.165) is 27.9 Å². The summed E-state index contributed by atoms with van der Waals surface area (Å²) in [6.45, 7) is 10.7. The molecule has 1 rings (SSSR count). The number of amides is 1. The fourth-order valence-corrected chi connectivity index (χ4v) is 3.38. The number of alkyl carbamates (subject to hydrolysis) is 1. The second kappa shape index (κ2) is 12.1. The summed E-state index contributed by atoms with van der Waals surface area (Å²) in [5.74, 6) is 0. The van der Waals surface area contributed by atoms with Gasteiger partial charge in [0.2, 0.25) is 0 Å². The topological polar surface area (TPSA) is 62.7 Å². The summed E-state index contributed by atoms with van der Waals surface area (Å²) in [6.07, 6.45) is 3.54. The van der Waals surface area contributed by atoms with Gasteiger partial charge in [-0.2, -0.15) is 5.10 Å². The summed E-state index contributed by atoms with van der Waals surface area (Å²) < 4.78 is 6.27. The van der Waals surface area contributed by atoms with Gasteiger partial charge in [0.25, 0.3) is 0 Å². The third-order valence-corrected chi connectivity index (χ3v) is 4.83. The number of allylic oxidation sites excluding steroid dienone is 2. The number of halogens is 1. The van der Waals surface area contributed by atoms with Gasteiger partial charge in [0.15, 0.2) is 0 Å². The summed E-state index contributed by atoms with van der Waals surface area (Å²) >= 11 is 5.17. The van der Waals surface area contributed by atoms with Gasteiger partial charge in [0, 0.05) is 20.8 Å². The smallest absolute Gasteiger partial charge is 0.407 e. The second-order valence-corrected chi connectivity index (χ2v) is 8.81. The van der Waals surface area contributed by atoms with E-state index in [1.54, 1.807) is 11.8 Å². The molecule has 5 nitrogen and oxygen atoms in total. The minimum atomic E-state index is -0.491. The molecule has 0 bridgehead atoms. The Morgan fingerprint density at radius 3 is 2.44 bits per heavy atom. The van der Waals surface area contributed by atoms with Gasteiger partial charge < -0.3 is 15.5 Å². The number of rotatable bonds is 9. The monoisotopic (exact) mass is 455 g/mol. The summed E-state index contributed by atoms with van der Waals surface area (Å²) in [4.78, 5) is 13.9. The number of ether oxygens (including phenoxy) is 1. The highest BCUT2D eigenvalue weighted by Gasteiger charge is 2.15. The molecule has 1 amide bonds. The van der Waals surface area contributed by atoms with Crippen LogP contribution in [0.1, 0.15) is 47.5 Å². The first-order valence-corrected chi connectivity index (χ1v) is 10.8. The number of benzene rings is 1. The SMILES string of the molecule is CC/C=C(Sc1ccc(Br)cc1)/C(CC)=N\NCCNC(=O)OC(C)(C)C. The Morgan fingerprint density at radius 1 is 1.22 bits per heavy atom. The van der Waals surface area contributed by atoms with E-state index in [2.05, 4.69) is 63.8 Å². The Morgan fingerprint density at radius 2 is 1.89 bits per heavy atom. The van der Waals surface area contributed by atoms with Gasteiger partial charge in [-0.05, 0) is 57.9 Å². The minimum Gasteiger partial charge on any atom is -0.444 e. The molecule has 7 heteroatoms. The highest BCUT2D eigenvalue weighted by molar-refractivity contribution is 9.10. The van der Waals surface area contributed by atoms with E-state index in [-0.39, 0.29) is 0 Å².